The van der Waals surface area contributed by atoms with Gasteiger partial charge in [-0.1, -0.05) is 0 Å². The highest BCUT2D eigenvalue weighted by atomic mass is 32.1. The Labute approximate surface area is 119 Å². The van der Waals surface area contributed by atoms with E-state index in [1.165, 1.54) is 18.4 Å². The molecule has 8 heteroatoms. The van der Waals surface area contributed by atoms with Crippen LogP contribution in [0, 0.1) is 0 Å². The van der Waals surface area contributed by atoms with Gasteiger partial charge in [-0.15, -0.1) is 11.3 Å². The summed E-state index contributed by atoms with van der Waals surface area (Å²) in [4.78, 5) is 27.0. The Kier molecular flexibility index (Phi) is 4.83. The van der Waals surface area contributed by atoms with Crippen LogP contribution >= 0.6 is 11.3 Å². The average Bonchev–Trinajstić information content (AvgIpc) is 3.08. The number of hydrogen-bond acceptors (Lipinski definition) is 6. The molecule has 7 nitrogen and oxygen atoms in total. The third kappa shape index (κ3) is 4.16. The van der Waals surface area contributed by atoms with Crippen LogP contribution < -0.4 is 5.32 Å². The van der Waals surface area contributed by atoms with E-state index in [1.807, 2.05) is 0 Å². The molecule has 0 aliphatic rings. The number of rotatable bonds is 6. The van der Waals surface area contributed by atoms with Crippen molar-refractivity contribution in [2.24, 2.45) is 0 Å². The van der Waals surface area contributed by atoms with Gasteiger partial charge in [-0.05, 0) is 6.07 Å². The number of amides is 1. The van der Waals surface area contributed by atoms with Crippen LogP contribution in [0.25, 0.3) is 0 Å². The first-order valence-electron chi connectivity index (χ1n) is 5.96. The van der Waals surface area contributed by atoms with Crippen molar-refractivity contribution < 1.29 is 14.3 Å². The van der Waals surface area contributed by atoms with E-state index in [0.717, 1.165) is 0 Å². The quantitative estimate of drug-likeness (QED) is 0.806. The lowest BCUT2D eigenvalue weighted by atomic mass is 10.3. The Bertz CT molecular complexity index is 579. The average molecular weight is 294 g/mol. The van der Waals surface area contributed by atoms with E-state index >= 15 is 0 Å². The Hall–Kier alpha value is -2.22. The van der Waals surface area contributed by atoms with E-state index in [4.69, 9.17) is 0 Å². The van der Waals surface area contributed by atoms with Crippen LogP contribution in [-0.4, -0.2) is 33.8 Å². The normalized spacial score (nSPS) is 10.2. The van der Waals surface area contributed by atoms with Gasteiger partial charge in [0.25, 0.3) is 0 Å². The number of aromatic nitrogens is 3. The molecule has 0 aliphatic heterocycles. The zero-order chi connectivity index (χ0) is 14.4. The van der Waals surface area contributed by atoms with Crippen LogP contribution in [0.2, 0.25) is 0 Å². The van der Waals surface area contributed by atoms with Crippen molar-refractivity contribution in [2.45, 2.75) is 19.4 Å². The van der Waals surface area contributed by atoms with Crippen molar-refractivity contribution in [1.82, 2.24) is 14.8 Å². The maximum absolute atomic E-state index is 11.7. The van der Waals surface area contributed by atoms with Gasteiger partial charge in [0.15, 0.2) is 5.13 Å². The van der Waals surface area contributed by atoms with Crippen LogP contribution in [0.15, 0.2) is 23.8 Å². The van der Waals surface area contributed by atoms with E-state index < -0.39 is 0 Å². The van der Waals surface area contributed by atoms with E-state index in [1.54, 1.807) is 28.5 Å². The van der Waals surface area contributed by atoms with Crippen molar-refractivity contribution in [1.29, 1.82) is 0 Å². The molecular formula is C12H14N4O3S. The molecule has 0 fully saturated rings. The minimum absolute atomic E-state index is 0.107. The van der Waals surface area contributed by atoms with E-state index in [0.29, 0.717) is 23.8 Å². The summed E-state index contributed by atoms with van der Waals surface area (Å²) in [6.45, 7) is 0.513. The Morgan fingerprint density at radius 2 is 2.35 bits per heavy atom. The second-order valence-electron chi connectivity index (χ2n) is 3.96. The molecule has 20 heavy (non-hydrogen) atoms. The van der Waals surface area contributed by atoms with Crippen molar-refractivity contribution in [3.63, 3.8) is 0 Å². The van der Waals surface area contributed by atoms with Crippen molar-refractivity contribution in [2.75, 3.05) is 12.4 Å². The van der Waals surface area contributed by atoms with Gasteiger partial charge in [-0.25, -0.2) is 4.98 Å². The van der Waals surface area contributed by atoms with Crippen LogP contribution in [0.4, 0.5) is 5.13 Å². The fourth-order valence-corrected chi connectivity index (χ4v) is 2.22. The largest absolute Gasteiger partial charge is 0.469 e. The van der Waals surface area contributed by atoms with Crippen molar-refractivity contribution in [3.05, 3.63) is 29.5 Å². The van der Waals surface area contributed by atoms with E-state index in [2.05, 4.69) is 20.1 Å². The van der Waals surface area contributed by atoms with Crippen LogP contribution in [0.1, 0.15) is 12.1 Å². The van der Waals surface area contributed by atoms with Gasteiger partial charge >= 0.3 is 5.97 Å². The number of nitrogens with zero attached hydrogens (tertiary/aromatic N) is 3. The predicted molar refractivity (Wildman–Crippen MR) is 73.3 cm³/mol. The SMILES string of the molecule is COC(=O)Cc1csc(NC(=O)CCn2cccn2)n1. The van der Waals surface area contributed by atoms with Gasteiger partial charge in [0.1, 0.15) is 0 Å². The zero-order valence-corrected chi connectivity index (χ0v) is 11.7. The fraction of sp³-hybridized carbons (Fsp3) is 0.333. The third-order valence-corrected chi connectivity index (χ3v) is 3.28. The van der Waals surface area contributed by atoms with Crippen molar-refractivity contribution in [3.8, 4) is 0 Å². The molecule has 0 unspecified atom stereocenters. The molecule has 2 rings (SSSR count). The molecule has 0 aromatic carbocycles. The predicted octanol–water partition coefficient (Wildman–Crippen LogP) is 1.08. The number of carbonyl (C=O) groups excluding carboxylic acids is 2. The summed E-state index contributed by atoms with van der Waals surface area (Å²) < 4.78 is 6.24. The topological polar surface area (TPSA) is 86.1 Å². The monoisotopic (exact) mass is 294 g/mol. The number of nitrogens with one attached hydrogen (secondary N) is 1. The molecule has 2 heterocycles. The van der Waals surface area contributed by atoms with Gasteiger partial charge in [0.2, 0.25) is 5.91 Å². The summed E-state index contributed by atoms with van der Waals surface area (Å²) in [7, 11) is 1.33. The highest BCUT2D eigenvalue weighted by Crippen LogP contribution is 2.16. The number of anilines is 1. The summed E-state index contributed by atoms with van der Waals surface area (Å²) in [5, 5.41) is 8.91. The Morgan fingerprint density at radius 1 is 1.50 bits per heavy atom. The number of hydrogen-bond donors (Lipinski definition) is 1. The highest BCUT2D eigenvalue weighted by molar-refractivity contribution is 7.13. The lowest BCUT2D eigenvalue weighted by Gasteiger charge is -2.02. The third-order valence-electron chi connectivity index (χ3n) is 2.48. The molecule has 0 saturated carbocycles. The second kappa shape index (κ2) is 6.80. The molecule has 0 aliphatic carbocycles. The lowest BCUT2D eigenvalue weighted by Crippen LogP contribution is -2.14. The number of esters is 1. The number of ether oxygens (including phenoxy) is 1. The molecule has 1 N–H and O–H groups in total. The van der Waals surface area contributed by atoms with Crippen LogP contribution in [0.5, 0.6) is 0 Å². The molecule has 2 aromatic heterocycles. The first-order chi connectivity index (χ1) is 9.67. The number of methoxy groups -OCH3 is 1. The molecule has 0 radical (unpaired) electrons. The number of carbonyl (C=O) groups is 2. The Morgan fingerprint density at radius 3 is 3.05 bits per heavy atom. The van der Waals surface area contributed by atoms with Gasteiger partial charge in [-0.3, -0.25) is 14.3 Å². The van der Waals surface area contributed by atoms with Gasteiger partial charge < -0.3 is 10.1 Å². The van der Waals surface area contributed by atoms with Gasteiger partial charge in [0.05, 0.1) is 19.2 Å². The molecule has 2 aromatic rings. The van der Waals surface area contributed by atoms with E-state index in [-0.39, 0.29) is 18.3 Å². The maximum atomic E-state index is 11.7. The Balaban J connectivity index is 1.80. The first kappa shape index (κ1) is 14.2. The minimum Gasteiger partial charge on any atom is -0.469 e. The number of thiazole rings is 1. The summed E-state index contributed by atoms with van der Waals surface area (Å²) in [5.41, 5.74) is 0.587. The molecule has 0 atom stereocenters. The molecule has 0 spiro atoms. The number of aryl methyl sites for hydroxylation is 1. The fourth-order valence-electron chi connectivity index (χ4n) is 1.50. The van der Waals surface area contributed by atoms with Gasteiger partial charge in [-0.2, -0.15) is 5.10 Å². The van der Waals surface area contributed by atoms with E-state index in [9.17, 15) is 9.59 Å². The zero-order valence-electron chi connectivity index (χ0n) is 10.9. The minimum atomic E-state index is -0.355. The van der Waals surface area contributed by atoms with Crippen LogP contribution in [0.3, 0.4) is 0 Å². The standard InChI is InChI=1S/C12H14N4O3S/c1-19-11(18)7-9-8-20-12(14-9)15-10(17)3-6-16-5-2-4-13-16/h2,4-5,8H,3,6-7H2,1H3,(H,14,15,17). The summed E-state index contributed by atoms with van der Waals surface area (Å²) in [6, 6.07) is 1.80. The molecule has 0 saturated heterocycles. The molecule has 1 amide bonds. The molecular weight excluding hydrogens is 280 g/mol. The summed E-state index contributed by atoms with van der Waals surface area (Å²) in [5.74, 6) is -0.494. The maximum Gasteiger partial charge on any atom is 0.311 e. The summed E-state index contributed by atoms with van der Waals surface area (Å²) >= 11 is 1.28. The first-order valence-corrected chi connectivity index (χ1v) is 6.84. The van der Waals surface area contributed by atoms with Gasteiger partial charge in [0, 0.05) is 30.7 Å². The lowest BCUT2D eigenvalue weighted by molar-refractivity contribution is -0.139. The summed E-state index contributed by atoms with van der Waals surface area (Å²) in [6.07, 6.45) is 3.88. The molecule has 106 valence electrons. The smallest absolute Gasteiger partial charge is 0.311 e. The second-order valence-corrected chi connectivity index (χ2v) is 4.82. The molecule has 0 bridgehead atoms. The van der Waals surface area contributed by atoms with Crippen LogP contribution in [-0.2, 0) is 27.3 Å². The van der Waals surface area contributed by atoms with Crippen molar-refractivity contribution >= 4 is 28.3 Å². The highest BCUT2D eigenvalue weighted by Gasteiger charge is 2.10.